The minimum atomic E-state index is -3.02. The molecule has 0 radical (unpaired) electrons. The molecule has 6 heteroatoms. The number of carbonyl (C=O) groups excluding carboxylic acids is 1. The molecule has 94 valence electrons. The van der Waals surface area contributed by atoms with Gasteiger partial charge in [0.2, 0.25) is 0 Å². The monoisotopic (exact) mass is 249 g/mol. The van der Waals surface area contributed by atoms with E-state index < -0.39 is 26.8 Å². The van der Waals surface area contributed by atoms with Crippen LogP contribution >= 0.6 is 0 Å². The highest BCUT2D eigenvalue weighted by atomic mass is 32.2. The second kappa shape index (κ2) is 4.24. The standard InChI is InChI=1S/C10H19NO4S/c1-8-7-11(5-6-16(8,13)14)9(12)15-10(2,3)4/h8H,5-7H2,1-4H3/t8-/m1/s1. The first-order valence-electron chi connectivity index (χ1n) is 5.31. The van der Waals surface area contributed by atoms with Gasteiger partial charge < -0.3 is 9.64 Å². The molecule has 1 atom stereocenters. The molecule has 0 bridgehead atoms. The van der Waals surface area contributed by atoms with Gasteiger partial charge in [0.15, 0.2) is 9.84 Å². The summed E-state index contributed by atoms with van der Waals surface area (Å²) in [6.07, 6.45) is -0.436. The topological polar surface area (TPSA) is 63.7 Å². The molecule has 0 aliphatic carbocycles. The van der Waals surface area contributed by atoms with Crippen LogP contribution in [0.4, 0.5) is 4.79 Å². The van der Waals surface area contributed by atoms with E-state index in [4.69, 9.17) is 4.74 Å². The summed E-state index contributed by atoms with van der Waals surface area (Å²) in [5.74, 6) is 0.0212. The second-order valence-electron chi connectivity index (χ2n) is 5.10. The molecule has 16 heavy (non-hydrogen) atoms. The van der Waals surface area contributed by atoms with Gasteiger partial charge in [-0.25, -0.2) is 13.2 Å². The van der Waals surface area contributed by atoms with Gasteiger partial charge in [0.05, 0.1) is 11.0 Å². The third kappa shape index (κ3) is 3.37. The number of nitrogens with zero attached hydrogens (tertiary/aromatic N) is 1. The van der Waals surface area contributed by atoms with E-state index in [9.17, 15) is 13.2 Å². The van der Waals surface area contributed by atoms with Crippen LogP contribution in [0.1, 0.15) is 27.7 Å². The van der Waals surface area contributed by atoms with E-state index in [2.05, 4.69) is 0 Å². The molecular formula is C10H19NO4S. The Bertz CT molecular complexity index is 369. The molecule has 0 aromatic carbocycles. The molecule has 0 saturated carbocycles. The smallest absolute Gasteiger partial charge is 0.410 e. The molecule has 1 heterocycles. The lowest BCUT2D eigenvalue weighted by molar-refractivity contribution is 0.0256. The number of hydrogen-bond donors (Lipinski definition) is 0. The predicted molar refractivity (Wildman–Crippen MR) is 61.1 cm³/mol. The van der Waals surface area contributed by atoms with Crippen LogP contribution in [-0.2, 0) is 14.6 Å². The summed E-state index contributed by atoms with van der Waals surface area (Å²) in [5.41, 5.74) is -0.545. The molecule has 0 aromatic rings. The van der Waals surface area contributed by atoms with Crippen molar-refractivity contribution < 1.29 is 17.9 Å². The predicted octanol–water partition coefficient (Wildman–Crippen LogP) is 1.04. The van der Waals surface area contributed by atoms with Gasteiger partial charge in [-0.1, -0.05) is 0 Å². The molecule has 0 unspecified atom stereocenters. The highest BCUT2D eigenvalue weighted by molar-refractivity contribution is 7.92. The summed E-state index contributed by atoms with van der Waals surface area (Å²) in [4.78, 5) is 13.1. The molecule has 1 aliphatic heterocycles. The van der Waals surface area contributed by atoms with Gasteiger partial charge in [-0.15, -0.1) is 0 Å². The van der Waals surface area contributed by atoms with Crippen LogP contribution in [0.2, 0.25) is 0 Å². The Morgan fingerprint density at radius 3 is 2.38 bits per heavy atom. The normalized spacial score (nSPS) is 25.2. The number of ether oxygens (including phenoxy) is 1. The van der Waals surface area contributed by atoms with Crippen molar-refractivity contribution in [2.24, 2.45) is 0 Å². The fraction of sp³-hybridized carbons (Fsp3) is 0.900. The van der Waals surface area contributed by atoms with Crippen LogP contribution in [-0.4, -0.2) is 49.1 Å². The van der Waals surface area contributed by atoms with Gasteiger partial charge in [0.1, 0.15) is 5.60 Å². The number of sulfone groups is 1. The lowest BCUT2D eigenvalue weighted by Gasteiger charge is -2.32. The van der Waals surface area contributed by atoms with E-state index >= 15 is 0 Å². The van der Waals surface area contributed by atoms with E-state index in [0.717, 1.165) is 0 Å². The average Bonchev–Trinajstić information content (AvgIpc) is 2.06. The van der Waals surface area contributed by atoms with Crippen molar-refractivity contribution in [2.75, 3.05) is 18.8 Å². The SMILES string of the molecule is C[C@@H]1CN(C(=O)OC(C)(C)C)CCS1(=O)=O. The third-order valence-corrected chi connectivity index (χ3v) is 4.51. The largest absolute Gasteiger partial charge is 0.444 e. The van der Waals surface area contributed by atoms with Crippen LogP contribution in [0.15, 0.2) is 0 Å². The fourth-order valence-electron chi connectivity index (χ4n) is 1.45. The zero-order valence-corrected chi connectivity index (χ0v) is 11.0. The van der Waals surface area contributed by atoms with Crippen LogP contribution in [0.25, 0.3) is 0 Å². The molecule has 1 aliphatic rings. The molecule has 1 fully saturated rings. The van der Waals surface area contributed by atoms with E-state index in [1.807, 2.05) is 0 Å². The Morgan fingerprint density at radius 2 is 1.94 bits per heavy atom. The first-order chi connectivity index (χ1) is 7.12. The Labute approximate surface area is 96.7 Å². The Kier molecular flexibility index (Phi) is 3.52. The summed E-state index contributed by atoms with van der Waals surface area (Å²) in [6.45, 7) is 7.42. The van der Waals surface area contributed by atoms with Crippen molar-refractivity contribution in [3.63, 3.8) is 0 Å². The van der Waals surface area contributed by atoms with Crippen molar-refractivity contribution in [3.05, 3.63) is 0 Å². The number of hydrogen-bond acceptors (Lipinski definition) is 4. The van der Waals surface area contributed by atoms with E-state index in [1.165, 1.54) is 4.90 Å². The minimum Gasteiger partial charge on any atom is -0.444 e. The zero-order chi connectivity index (χ0) is 12.6. The molecular weight excluding hydrogens is 230 g/mol. The molecule has 5 nitrogen and oxygen atoms in total. The first kappa shape index (κ1) is 13.3. The van der Waals surface area contributed by atoms with Crippen LogP contribution in [0.3, 0.4) is 0 Å². The van der Waals surface area contributed by atoms with Gasteiger partial charge in [-0.2, -0.15) is 0 Å². The molecule has 0 N–H and O–H groups in total. The summed E-state index contributed by atoms with van der Waals surface area (Å²) in [7, 11) is -3.02. The molecule has 0 spiro atoms. The molecule has 1 rings (SSSR count). The summed E-state index contributed by atoms with van der Waals surface area (Å²) >= 11 is 0. The van der Waals surface area contributed by atoms with E-state index in [0.29, 0.717) is 0 Å². The second-order valence-corrected chi connectivity index (χ2v) is 7.64. The maximum Gasteiger partial charge on any atom is 0.410 e. The third-order valence-electron chi connectivity index (χ3n) is 2.39. The van der Waals surface area contributed by atoms with Crippen LogP contribution < -0.4 is 0 Å². The fourth-order valence-corrected chi connectivity index (χ4v) is 2.73. The highest BCUT2D eigenvalue weighted by Gasteiger charge is 2.33. The van der Waals surface area contributed by atoms with Crippen molar-refractivity contribution in [1.29, 1.82) is 0 Å². The number of amides is 1. The Morgan fingerprint density at radius 1 is 1.38 bits per heavy atom. The Hall–Kier alpha value is -0.780. The van der Waals surface area contributed by atoms with Crippen molar-refractivity contribution in [1.82, 2.24) is 4.90 Å². The molecule has 1 amide bonds. The molecule has 0 aromatic heterocycles. The maximum atomic E-state index is 11.7. The average molecular weight is 249 g/mol. The number of carbonyl (C=O) groups is 1. The van der Waals surface area contributed by atoms with Gasteiger partial charge in [0, 0.05) is 13.1 Å². The lowest BCUT2D eigenvalue weighted by Crippen LogP contribution is -2.49. The zero-order valence-electron chi connectivity index (χ0n) is 10.2. The molecule has 1 saturated heterocycles. The first-order valence-corrected chi connectivity index (χ1v) is 7.03. The van der Waals surface area contributed by atoms with Gasteiger partial charge in [-0.05, 0) is 27.7 Å². The minimum absolute atomic E-state index is 0.0212. The lowest BCUT2D eigenvalue weighted by atomic mass is 10.2. The van der Waals surface area contributed by atoms with Gasteiger partial charge in [0.25, 0.3) is 0 Å². The Balaban J connectivity index is 2.62. The van der Waals surface area contributed by atoms with Gasteiger partial charge in [-0.3, -0.25) is 0 Å². The quantitative estimate of drug-likeness (QED) is 0.643. The maximum absolute atomic E-state index is 11.7. The van der Waals surface area contributed by atoms with Crippen molar-refractivity contribution >= 4 is 15.9 Å². The van der Waals surface area contributed by atoms with Crippen LogP contribution in [0, 0.1) is 0 Å². The van der Waals surface area contributed by atoms with Crippen LogP contribution in [0.5, 0.6) is 0 Å². The van der Waals surface area contributed by atoms with Gasteiger partial charge >= 0.3 is 6.09 Å². The summed E-state index contributed by atoms with van der Waals surface area (Å²) < 4.78 is 28.1. The van der Waals surface area contributed by atoms with E-state index in [1.54, 1.807) is 27.7 Å². The van der Waals surface area contributed by atoms with Crippen molar-refractivity contribution in [2.45, 2.75) is 38.5 Å². The highest BCUT2D eigenvalue weighted by Crippen LogP contribution is 2.15. The number of rotatable bonds is 0. The summed E-state index contributed by atoms with van der Waals surface area (Å²) in [6, 6.07) is 0. The van der Waals surface area contributed by atoms with Crippen molar-refractivity contribution in [3.8, 4) is 0 Å². The van der Waals surface area contributed by atoms with E-state index in [-0.39, 0.29) is 18.8 Å². The summed E-state index contributed by atoms with van der Waals surface area (Å²) in [5, 5.41) is -0.506.